The number of thioether (sulfide) groups is 1. The fourth-order valence-corrected chi connectivity index (χ4v) is 2.51. The molecule has 0 unspecified atom stereocenters. The van der Waals surface area contributed by atoms with Gasteiger partial charge < -0.3 is 4.74 Å². The number of benzene rings is 2. The van der Waals surface area contributed by atoms with E-state index in [9.17, 15) is 9.18 Å². The number of hydrogen-bond donors (Lipinski definition) is 0. The van der Waals surface area contributed by atoms with Crippen LogP contribution in [0.4, 0.5) is 4.39 Å². The Hall–Kier alpha value is -2.07. The van der Waals surface area contributed by atoms with Crippen molar-refractivity contribution < 1.29 is 13.9 Å². The molecule has 0 aliphatic carbocycles. The topological polar surface area (TPSA) is 26.3 Å². The summed E-state index contributed by atoms with van der Waals surface area (Å²) in [5, 5.41) is -0.257. The van der Waals surface area contributed by atoms with Crippen molar-refractivity contribution in [2.75, 3.05) is 7.11 Å². The Kier molecular flexibility index (Phi) is 5.17. The zero-order valence-corrected chi connectivity index (χ0v) is 12.6. The van der Waals surface area contributed by atoms with Gasteiger partial charge >= 0.3 is 5.97 Å². The molecule has 0 spiro atoms. The molecule has 4 heteroatoms. The lowest BCUT2D eigenvalue weighted by molar-refractivity contribution is 0.0600. The highest BCUT2D eigenvalue weighted by Crippen LogP contribution is 2.33. The molecule has 2 rings (SSSR count). The maximum atomic E-state index is 14.2. The van der Waals surface area contributed by atoms with Crippen LogP contribution in [0.3, 0.4) is 0 Å². The molecule has 2 aromatic carbocycles. The third kappa shape index (κ3) is 3.95. The first-order valence-electron chi connectivity index (χ1n) is 6.40. The van der Waals surface area contributed by atoms with Crippen LogP contribution >= 0.6 is 11.8 Å². The van der Waals surface area contributed by atoms with Gasteiger partial charge in [-0.05, 0) is 42.3 Å². The second kappa shape index (κ2) is 7.09. The first kappa shape index (κ1) is 15.3. The van der Waals surface area contributed by atoms with E-state index in [2.05, 4.69) is 4.74 Å². The van der Waals surface area contributed by atoms with Crippen molar-refractivity contribution in [2.24, 2.45) is 0 Å². The number of hydrogen-bond acceptors (Lipinski definition) is 3. The van der Waals surface area contributed by atoms with Crippen molar-refractivity contribution in [3.8, 4) is 0 Å². The third-order valence-corrected chi connectivity index (χ3v) is 3.98. The normalized spacial score (nSPS) is 11.8. The van der Waals surface area contributed by atoms with Crippen LogP contribution in [-0.4, -0.2) is 13.1 Å². The van der Waals surface area contributed by atoms with Gasteiger partial charge in [0.15, 0.2) is 5.16 Å². The predicted octanol–water partition coefficient (Wildman–Crippen LogP) is 4.92. The zero-order valence-electron chi connectivity index (χ0n) is 11.8. The summed E-state index contributed by atoms with van der Waals surface area (Å²) < 4.78 is 18.9. The van der Waals surface area contributed by atoms with Gasteiger partial charge in [0.25, 0.3) is 0 Å². The summed E-state index contributed by atoms with van der Waals surface area (Å²) in [5.41, 5.74) is 1.90. The summed E-state index contributed by atoms with van der Waals surface area (Å²) >= 11 is 1.04. The highest BCUT2D eigenvalue weighted by atomic mass is 32.2. The molecular weight excluding hydrogens is 287 g/mol. The van der Waals surface area contributed by atoms with Gasteiger partial charge in [0.05, 0.1) is 12.7 Å². The monoisotopic (exact) mass is 302 g/mol. The number of carbonyl (C=O) groups is 1. The number of allylic oxidation sites excluding steroid dienone is 1. The number of esters is 1. The highest BCUT2D eigenvalue weighted by Gasteiger charge is 2.08. The van der Waals surface area contributed by atoms with Crippen LogP contribution in [0.2, 0.25) is 0 Å². The van der Waals surface area contributed by atoms with Gasteiger partial charge in [-0.3, -0.25) is 0 Å². The molecule has 0 saturated carbocycles. The summed E-state index contributed by atoms with van der Waals surface area (Å²) in [7, 11) is 1.33. The van der Waals surface area contributed by atoms with Crippen LogP contribution in [0.1, 0.15) is 22.8 Å². The summed E-state index contributed by atoms with van der Waals surface area (Å²) in [6, 6.07) is 16.0. The van der Waals surface area contributed by atoms with Crippen molar-refractivity contribution in [3.63, 3.8) is 0 Å². The van der Waals surface area contributed by atoms with Crippen LogP contribution in [-0.2, 0) is 4.74 Å². The molecule has 0 amide bonds. The minimum atomic E-state index is -0.400. The first-order chi connectivity index (χ1) is 10.1. The molecule has 0 N–H and O–H groups in total. The lowest BCUT2D eigenvalue weighted by atomic mass is 10.1. The molecule has 0 heterocycles. The molecule has 0 saturated heterocycles. The number of ether oxygens (including phenoxy) is 1. The third-order valence-electron chi connectivity index (χ3n) is 2.98. The average Bonchev–Trinajstić information content (AvgIpc) is 2.55. The Labute approximate surface area is 127 Å². The van der Waals surface area contributed by atoms with Crippen molar-refractivity contribution >= 4 is 23.3 Å². The smallest absolute Gasteiger partial charge is 0.337 e. The van der Waals surface area contributed by atoms with Crippen molar-refractivity contribution in [1.29, 1.82) is 0 Å². The molecule has 108 valence electrons. The quantitative estimate of drug-likeness (QED) is 0.592. The molecule has 0 aliphatic heterocycles. The Balaban J connectivity index is 2.16. The summed E-state index contributed by atoms with van der Waals surface area (Å²) in [5.74, 6) is -0.400. The highest BCUT2D eigenvalue weighted by molar-refractivity contribution is 8.03. The van der Waals surface area contributed by atoms with E-state index in [1.807, 2.05) is 30.3 Å². The fraction of sp³-hybridized carbons (Fsp3) is 0.118. The van der Waals surface area contributed by atoms with Crippen LogP contribution < -0.4 is 0 Å². The molecule has 0 aromatic heterocycles. The summed E-state index contributed by atoms with van der Waals surface area (Å²) in [4.78, 5) is 12.1. The van der Waals surface area contributed by atoms with Crippen molar-refractivity contribution in [3.05, 3.63) is 70.9 Å². The van der Waals surface area contributed by atoms with E-state index in [1.165, 1.54) is 7.11 Å². The minimum absolute atomic E-state index is 0.257. The molecule has 0 radical (unpaired) electrons. The maximum Gasteiger partial charge on any atom is 0.337 e. The Morgan fingerprint density at radius 2 is 1.62 bits per heavy atom. The molecule has 0 bridgehead atoms. The van der Waals surface area contributed by atoms with Gasteiger partial charge in [0.1, 0.15) is 0 Å². The molecule has 0 aliphatic rings. The lowest BCUT2D eigenvalue weighted by Gasteiger charge is -2.05. The number of methoxy groups -OCH3 is 1. The van der Waals surface area contributed by atoms with Gasteiger partial charge in [0.2, 0.25) is 0 Å². The number of halogens is 1. The second-order valence-corrected chi connectivity index (χ2v) is 5.42. The van der Waals surface area contributed by atoms with Gasteiger partial charge in [-0.25, -0.2) is 4.79 Å². The van der Waals surface area contributed by atoms with E-state index in [-0.39, 0.29) is 5.16 Å². The summed E-state index contributed by atoms with van der Waals surface area (Å²) in [6.07, 6.45) is 0. The number of rotatable bonds is 4. The molecule has 2 aromatic rings. The molecule has 21 heavy (non-hydrogen) atoms. The SMILES string of the molecule is COC(=O)c1ccc(S/C(F)=C(\C)c2ccccc2)cc1. The van der Waals surface area contributed by atoms with E-state index >= 15 is 0 Å². The van der Waals surface area contributed by atoms with E-state index in [0.29, 0.717) is 11.1 Å². The van der Waals surface area contributed by atoms with Gasteiger partial charge in [-0.2, -0.15) is 4.39 Å². The lowest BCUT2D eigenvalue weighted by Crippen LogP contribution is -2.00. The van der Waals surface area contributed by atoms with Crippen molar-refractivity contribution in [1.82, 2.24) is 0 Å². The second-order valence-electron chi connectivity index (χ2n) is 4.38. The molecular formula is C17H15FO2S. The average molecular weight is 302 g/mol. The van der Waals surface area contributed by atoms with Crippen LogP contribution in [0, 0.1) is 0 Å². The zero-order chi connectivity index (χ0) is 15.2. The Morgan fingerprint density at radius 1 is 1.00 bits per heavy atom. The fourth-order valence-electron chi connectivity index (χ4n) is 1.76. The van der Waals surface area contributed by atoms with E-state index in [1.54, 1.807) is 31.2 Å². The van der Waals surface area contributed by atoms with Crippen LogP contribution in [0.5, 0.6) is 0 Å². The van der Waals surface area contributed by atoms with Crippen LogP contribution in [0.15, 0.2) is 64.7 Å². The standard InChI is InChI=1S/C17H15FO2S/c1-12(13-6-4-3-5-7-13)16(18)21-15-10-8-14(9-11-15)17(19)20-2/h3-11H,1-2H3/b16-12+. The predicted molar refractivity (Wildman–Crippen MR) is 83.8 cm³/mol. The minimum Gasteiger partial charge on any atom is -0.465 e. The van der Waals surface area contributed by atoms with E-state index in [4.69, 9.17) is 0 Å². The summed E-state index contributed by atoms with van der Waals surface area (Å²) in [6.45, 7) is 1.75. The van der Waals surface area contributed by atoms with Gasteiger partial charge in [-0.15, -0.1) is 0 Å². The van der Waals surface area contributed by atoms with Gasteiger partial charge in [0, 0.05) is 4.90 Å². The largest absolute Gasteiger partial charge is 0.465 e. The number of carbonyl (C=O) groups excluding carboxylic acids is 1. The Morgan fingerprint density at radius 3 is 2.19 bits per heavy atom. The molecule has 0 fully saturated rings. The van der Waals surface area contributed by atoms with Crippen LogP contribution in [0.25, 0.3) is 5.57 Å². The Bertz CT molecular complexity index is 648. The maximum absolute atomic E-state index is 14.2. The molecule has 0 atom stereocenters. The molecule has 2 nitrogen and oxygen atoms in total. The van der Waals surface area contributed by atoms with E-state index < -0.39 is 5.97 Å². The van der Waals surface area contributed by atoms with Gasteiger partial charge in [-0.1, -0.05) is 42.1 Å². The van der Waals surface area contributed by atoms with E-state index in [0.717, 1.165) is 22.2 Å². The first-order valence-corrected chi connectivity index (χ1v) is 7.21. The van der Waals surface area contributed by atoms with Crippen molar-refractivity contribution in [2.45, 2.75) is 11.8 Å².